The number of nitrogens with two attached hydrogens (primary N) is 1. The number of fused-ring (bicyclic) bond motifs is 1. The summed E-state index contributed by atoms with van der Waals surface area (Å²) >= 11 is 0. The molecule has 0 radical (unpaired) electrons. The van der Waals surface area contributed by atoms with E-state index in [2.05, 4.69) is 14.8 Å². The minimum Gasteiger partial charge on any atom is -0.399 e. The van der Waals surface area contributed by atoms with E-state index in [0.29, 0.717) is 22.3 Å². The predicted molar refractivity (Wildman–Crippen MR) is 76.7 cm³/mol. The molecule has 3 aromatic rings. The number of nitrogen functional groups attached to an aromatic ring is 1. The van der Waals surface area contributed by atoms with Crippen LogP contribution in [0, 0.1) is 0 Å². The average Bonchev–Trinajstić information content (AvgIpc) is 2.95. The van der Waals surface area contributed by atoms with Crippen LogP contribution >= 0.6 is 0 Å². The summed E-state index contributed by atoms with van der Waals surface area (Å²) in [6.07, 6.45) is 4.48. The highest BCUT2D eigenvalue weighted by molar-refractivity contribution is 7.93. The molecule has 2 heterocycles. The number of nitrogens with one attached hydrogen (secondary N) is 2. The molecule has 0 atom stereocenters. The van der Waals surface area contributed by atoms with Gasteiger partial charge in [-0.25, -0.2) is 8.42 Å². The van der Waals surface area contributed by atoms with Crippen molar-refractivity contribution in [2.24, 2.45) is 7.05 Å². The molecule has 1 aromatic carbocycles. The first-order valence-corrected chi connectivity index (χ1v) is 7.32. The summed E-state index contributed by atoms with van der Waals surface area (Å²) in [6.45, 7) is 0. The number of H-pyrrole nitrogens is 1. The van der Waals surface area contributed by atoms with E-state index in [4.69, 9.17) is 5.73 Å². The number of hydrogen-bond donors (Lipinski definition) is 3. The monoisotopic (exact) mass is 291 g/mol. The summed E-state index contributed by atoms with van der Waals surface area (Å²) in [5, 5.41) is 4.48. The minimum atomic E-state index is -3.69. The van der Waals surface area contributed by atoms with Crippen molar-refractivity contribution in [2.45, 2.75) is 4.90 Å². The Morgan fingerprint density at radius 1 is 1.40 bits per heavy atom. The molecule has 0 fully saturated rings. The van der Waals surface area contributed by atoms with Crippen LogP contribution in [0.4, 0.5) is 11.4 Å². The number of aromatic nitrogens is 3. The number of benzene rings is 1. The van der Waals surface area contributed by atoms with E-state index >= 15 is 0 Å². The summed E-state index contributed by atoms with van der Waals surface area (Å²) in [7, 11) is -1.98. The van der Waals surface area contributed by atoms with E-state index in [-0.39, 0.29) is 4.90 Å². The van der Waals surface area contributed by atoms with Crippen LogP contribution in [0.5, 0.6) is 0 Å². The average molecular weight is 291 g/mol. The van der Waals surface area contributed by atoms with Crippen molar-refractivity contribution in [2.75, 3.05) is 10.5 Å². The fourth-order valence-electron chi connectivity index (χ4n) is 2.02. The predicted octanol–water partition coefficient (Wildman–Crippen LogP) is 1.28. The molecule has 0 saturated heterocycles. The van der Waals surface area contributed by atoms with Gasteiger partial charge in [0, 0.05) is 36.0 Å². The minimum absolute atomic E-state index is 0.156. The Labute approximate surface area is 115 Å². The second-order valence-electron chi connectivity index (χ2n) is 4.47. The maximum Gasteiger partial charge on any atom is 0.264 e. The highest BCUT2D eigenvalue weighted by Crippen LogP contribution is 2.26. The Morgan fingerprint density at radius 2 is 2.20 bits per heavy atom. The molecule has 0 aliphatic rings. The molecule has 3 rings (SSSR count). The Kier molecular flexibility index (Phi) is 2.68. The molecule has 4 N–H and O–H groups in total. The summed E-state index contributed by atoms with van der Waals surface area (Å²) in [5.74, 6) is 0. The number of anilines is 2. The van der Waals surface area contributed by atoms with Gasteiger partial charge < -0.3 is 10.7 Å². The van der Waals surface area contributed by atoms with Crippen LogP contribution in [0.2, 0.25) is 0 Å². The van der Waals surface area contributed by atoms with Gasteiger partial charge in [0.15, 0.2) is 0 Å². The largest absolute Gasteiger partial charge is 0.399 e. The molecule has 2 aromatic heterocycles. The third kappa shape index (κ3) is 2.10. The molecule has 0 bridgehead atoms. The van der Waals surface area contributed by atoms with Crippen LogP contribution in [-0.4, -0.2) is 23.2 Å². The second-order valence-corrected chi connectivity index (χ2v) is 6.12. The number of aryl methyl sites for hydroxylation is 1. The lowest BCUT2D eigenvalue weighted by Gasteiger charge is -2.04. The number of aromatic amines is 1. The van der Waals surface area contributed by atoms with E-state index < -0.39 is 10.0 Å². The standard InChI is InChI=1S/C12H13N5O2S/c1-17-7-9(5-15-17)16-20(18,19)12-6-14-11-3-2-8(13)4-10(11)12/h2-7,14,16H,13H2,1H3. The third-order valence-corrected chi connectivity index (χ3v) is 4.34. The lowest BCUT2D eigenvalue weighted by Crippen LogP contribution is -2.12. The second kappa shape index (κ2) is 4.27. The van der Waals surface area contributed by atoms with Gasteiger partial charge in [-0.15, -0.1) is 0 Å². The first-order valence-electron chi connectivity index (χ1n) is 5.84. The molecule has 0 aliphatic carbocycles. The molecule has 7 nitrogen and oxygen atoms in total. The van der Waals surface area contributed by atoms with E-state index in [1.807, 2.05) is 0 Å². The number of nitrogens with zero attached hydrogens (tertiary/aromatic N) is 2. The zero-order chi connectivity index (χ0) is 14.3. The zero-order valence-electron chi connectivity index (χ0n) is 10.7. The van der Waals surface area contributed by atoms with E-state index in [1.165, 1.54) is 17.1 Å². The fraction of sp³-hybridized carbons (Fsp3) is 0.0833. The highest BCUT2D eigenvalue weighted by atomic mass is 32.2. The van der Waals surface area contributed by atoms with Crippen LogP contribution in [0.15, 0.2) is 41.7 Å². The summed E-state index contributed by atoms with van der Waals surface area (Å²) in [5.41, 5.74) is 7.34. The molecule has 0 spiro atoms. The van der Waals surface area contributed by atoms with Gasteiger partial charge in [0.2, 0.25) is 0 Å². The lowest BCUT2D eigenvalue weighted by atomic mass is 10.2. The summed E-state index contributed by atoms with van der Waals surface area (Å²) in [6, 6.07) is 5.08. The molecule has 0 unspecified atom stereocenters. The Bertz CT molecular complexity index is 878. The van der Waals surface area contributed by atoms with Crippen molar-refractivity contribution in [3.8, 4) is 0 Å². The molecule has 8 heteroatoms. The molecule has 0 saturated carbocycles. The van der Waals surface area contributed by atoms with Crippen LogP contribution in [0.3, 0.4) is 0 Å². The SMILES string of the molecule is Cn1cc(NS(=O)(=O)c2c[nH]c3ccc(N)cc23)cn1. The fourth-order valence-corrected chi connectivity index (χ4v) is 3.22. The van der Waals surface area contributed by atoms with Crippen molar-refractivity contribution in [3.05, 3.63) is 36.8 Å². The molecule has 104 valence electrons. The van der Waals surface area contributed by atoms with Gasteiger partial charge in [0.25, 0.3) is 10.0 Å². The van der Waals surface area contributed by atoms with Gasteiger partial charge in [0.05, 0.1) is 11.9 Å². The van der Waals surface area contributed by atoms with Crippen LogP contribution in [0.25, 0.3) is 10.9 Å². The van der Waals surface area contributed by atoms with E-state index in [0.717, 1.165) is 0 Å². The van der Waals surface area contributed by atoms with Crippen molar-refractivity contribution >= 4 is 32.3 Å². The van der Waals surface area contributed by atoms with Gasteiger partial charge in [-0.2, -0.15) is 5.10 Å². The maximum absolute atomic E-state index is 12.4. The van der Waals surface area contributed by atoms with Crippen molar-refractivity contribution < 1.29 is 8.42 Å². The molecule has 0 amide bonds. The maximum atomic E-state index is 12.4. The third-order valence-electron chi connectivity index (χ3n) is 2.91. The van der Waals surface area contributed by atoms with Crippen molar-refractivity contribution in [1.82, 2.24) is 14.8 Å². The van der Waals surface area contributed by atoms with Gasteiger partial charge in [-0.05, 0) is 18.2 Å². The number of sulfonamides is 1. The summed E-state index contributed by atoms with van der Waals surface area (Å²) in [4.78, 5) is 3.07. The van der Waals surface area contributed by atoms with Crippen LogP contribution < -0.4 is 10.5 Å². The molecular formula is C12H13N5O2S. The Balaban J connectivity index is 2.07. The molecule has 20 heavy (non-hydrogen) atoms. The van der Waals surface area contributed by atoms with Gasteiger partial charge >= 0.3 is 0 Å². The van der Waals surface area contributed by atoms with E-state index in [1.54, 1.807) is 31.4 Å². The first kappa shape index (κ1) is 12.5. The van der Waals surface area contributed by atoms with Crippen LogP contribution in [0.1, 0.15) is 0 Å². The van der Waals surface area contributed by atoms with Crippen molar-refractivity contribution in [1.29, 1.82) is 0 Å². The quantitative estimate of drug-likeness (QED) is 0.632. The first-order chi connectivity index (χ1) is 9.45. The molecule has 0 aliphatic heterocycles. The van der Waals surface area contributed by atoms with Gasteiger partial charge in [0.1, 0.15) is 4.90 Å². The van der Waals surface area contributed by atoms with Gasteiger partial charge in [-0.3, -0.25) is 9.40 Å². The number of hydrogen-bond acceptors (Lipinski definition) is 4. The normalized spacial score (nSPS) is 11.8. The summed E-state index contributed by atoms with van der Waals surface area (Å²) < 4.78 is 28.8. The van der Waals surface area contributed by atoms with Crippen LogP contribution in [-0.2, 0) is 17.1 Å². The molecular weight excluding hydrogens is 278 g/mol. The highest BCUT2D eigenvalue weighted by Gasteiger charge is 2.19. The Hall–Kier alpha value is -2.48. The number of rotatable bonds is 3. The lowest BCUT2D eigenvalue weighted by molar-refractivity contribution is 0.602. The smallest absolute Gasteiger partial charge is 0.264 e. The van der Waals surface area contributed by atoms with Gasteiger partial charge in [-0.1, -0.05) is 0 Å². The Morgan fingerprint density at radius 3 is 2.90 bits per heavy atom. The van der Waals surface area contributed by atoms with E-state index in [9.17, 15) is 8.42 Å². The van der Waals surface area contributed by atoms with Crippen molar-refractivity contribution in [3.63, 3.8) is 0 Å². The topological polar surface area (TPSA) is 106 Å². The zero-order valence-corrected chi connectivity index (χ0v) is 11.5.